The van der Waals surface area contributed by atoms with Crippen LogP contribution in [0, 0.1) is 0 Å². The van der Waals surface area contributed by atoms with Crippen LogP contribution in [0.5, 0.6) is 0 Å². The van der Waals surface area contributed by atoms with Gasteiger partial charge in [-0.2, -0.15) is 0 Å². The van der Waals surface area contributed by atoms with Crippen molar-refractivity contribution < 1.29 is 8.42 Å². The van der Waals surface area contributed by atoms with Gasteiger partial charge in [0.15, 0.2) is 0 Å². The van der Waals surface area contributed by atoms with Crippen molar-refractivity contribution in [2.75, 3.05) is 11.8 Å². The number of sulfonamides is 1. The predicted octanol–water partition coefficient (Wildman–Crippen LogP) is 2.86. The number of rotatable bonds is 5. The SMILES string of the molecule is CNCc1cccc(S(=O)(=O)Nc2ccccc2Cl)c1. The molecule has 2 N–H and O–H groups in total. The van der Waals surface area contributed by atoms with Gasteiger partial charge in [0.05, 0.1) is 15.6 Å². The molecule has 0 fully saturated rings. The monoisotopic (exact) mass is 310 g/mol. The molecule has 0 spiro atoms. The minimum atomic E-state index is -3.64. The molecule has 106 valence electrons. The van der Waals surface area contributed by atoms with Crippen LogP contribution in [0.3, 0.4) is 0 Å². The second kappa shape index (κ2) is 6.26. The Hall–Kier alpha value is -1.56. The van der Waals surface area contributed by atoms with E-state index in [4.69, 9.17) is 11.6 Å². The summed E-state index contributed by atoms with van der Waals surface area (Å²) in [5.41, 5.74) is 1.27. The van der Waals surface area contributed by atoms with Crippen molar-refractivity contribution in [3.8, 4) is 0 Å². The van der Waals surface area contributed by atoms with Gasteiger partial charge in [0.1, 0.15) is 0 Å². The number of nitrogens with one attached hydrogen (secondary N) is 2. The Balaban J connectivity index is 2.31. The van der Waals surface area contributed by atoms with Gasteiger partial charge < -0.3 is 5.32 Å². The van der Waals surface area contributed by atoms with Crippen molar-refractivity contribution in [1.29, 1.82) is 0 Å². The van der Waals surface area contributed by atoms with Gasteiger partial charge in [-0.3, -0.25) is 4.72 Å². The molecule has 6 heteroatoms. The predicted molar refractivity (Wildman–Crippen MR) is 81.5 cm³/mol. The summed E-state index contributed by atoms with van der Waals surface area (Å²) in [6.07, 6.45) is 0. The molecule has 4 nitrogen and oxygen atoms in total. The first-order valence-corrected chi connectivity index (χ1v) is 7.90. The Morgan fingerprint density at radius 1 is 1.10 bits per heavy atom. The lowest BCUT2D eigenvalue weighted by molar-refractivity contribution is 0.601. The Morgan fingerprint density at radius 3 is 2.55 bits per heavy atom. The van der Waals surface area contributed by atoms with E-state index in [0.29, 0.717) is 17.3 Å². The highest BCUT2D eigenvalue weighted by Gasteiger charge is 2.15. The number of para-hydroxylation sites is 1. The second-order valence-corrected chi connectivity index (χ2v) is 6.35. The highest BCUT2D eigenvalue weighted by molar-refractivity contribution is 7.92. The molecule has 0 aliphatic heterocycles. The fourth-order valence-electron chi connectivity index (χ4n) is 1.77. The average molecular weight is 311 g/mol. The fourth-order valence-corrected chi connectivity index (χ4v) is 3.16. The molecule has 20 heavy (non-hydrogen) atoms. The molecule has 0 saturated heterocycles. The summed E-state index contributed by atoms with van der Waals surface area (Å²) in [5.74, 6) is 0. The van der Waals surface area contributed by atoms with Crippen molar-refractivity contribution in [1.82, 2.24) is 5.32 Å². The van der Waals surface area contributed by atoms with Gasteiger partial charge in [-0.25, -0.2) is 8.42 Å². The standard InChI is InChI=1S/C14H15ClN2O2S/c1-16-10-11-5-4-6-12(9-11)20(18,19)17-14-8-3-2-7-13(14)15/h2-9,16-17H,10H2,1H3. The van der Waals surface area contributed by atoms with E-state index < -0.39 is 10.0 Å². The molecule has 0 aliphatic rings. The molecular formula is C14H15ClN2O2S. The van der Waals surface area contributed by atoms with Crippen LogP contribution in [-0.2, 0) is 16.6 Å². The van der Waals surface area contributed by atoms with Gasteiger partial charge in [0, 0.05) is 6.54 Å². The second-order valence-electron chi connectivity index (χ2n) is 4.26. The molecular weight excluding hydrogens is 296 g/mol. The molecule has 0 heterocycles. The molecule has 0 aliphatic carbocycles. The van der Waals surface area contributed by atoms with Gasteiger partial charge >= 0.3 is 0 Å². The number of halogens is 1. The van der Waals surface area contributed by atoms with Crippen LogP contribution >= 0.6 is 11.6 Å². The summed E-state index contributed by atoms with van der Waals surface area (Å²) in [5, 5.41) is 3.35. The summed E-state index contributed by atoms with van der Waals surface area (Å²) in [7, 11) is -1.83. The third-order valence-electron chi connectivity index (χ3n) is 2.71. The van der Waals surface area contributed by atoms with E-state index >= 15 is 0 Å². The number of hydrogen-bond acceptors (Lipinski definition) is 3. The maximum atomic E-state index is 12.3. The summed E-state index contributed by atoms with van der Waals surface area (Å²) < 4.78 is 27.1. The van der Waals surface area contributed by atoms with E-state index in [9.17, 15) is 8.42 Å². The topological polar surface area (TPSA) is 58.2 Å². The lowest BCUT2D eigenvalue weighted by atomic mass is 10.2. The lowest BCUT2D eigenvalue weighted by Crippen LogP contribution is -2.14. The summed E-state index contributed by atoms with van der Waals surface area (Å²) in [6.45, 7) is 0.607. The Morgan fingerprint density at radius 2 is 1.85 bits per heavy atom. The third-order valence-corrected chi connectivity index (χ3v) is 4.40. The summed E-state index contributed by atoms with van der Waals surface area (Å²) in [6, 6.07) is 13.5. The highest BCUT2D eigenvalue weighted by atomic mass is 35.5. The molecule has 0 bridgehead atoms. The molecule has 0 atom stereocenters. The van der Waals surface area contributed by atoms with Crippen LogP contribution in [0.15, 0.2) is 53.4 Å². The van der Waals surface area contributed by atoms with E-state index in [1.54, 1.807) is 42.5 Å². The van der Waals surface area contributed by atoms with Crippen molar-refractivity contribution >= 4 is 27.3 Å². The van der Waals surface area contributed by atoms with E-state index in [1.807, 2.05) is 13.1 Å². The Kier molecular flexibility index (Phi) is 4.65. The van der Waals surface area contributed by atoms with E-state index in [1.165, 1.54) is 0 Å². The molecule has 0 unspecified atom stereocenters. The number of benzene rings is 2. The van der Waals surface area contributed by atoms with Gasteiger partial charge in [-0.15, -0.1) is 0 Å². The minimum Gasteiger partial charge on any atom is -0.316 e. The van der Waals surface area contributed by atoms with Crippen molar-refractivity contribution in [2.24, 2.45) is 0 Å². The molecule has 0 radical (unpaired) electrons. The number of anilines is 1. The van der Waals surface area contributed by atoms with Crippen molar-refractivity contribution in [2.45, 2.75) is 11.4 Å². The first kappa shape index (κ1) is 14.8. The summed E-state index contributed by atoms with van der Waals surface area (Å²) >= 11 is 5.96. The Labute approximate surface area is 123 Å². The average Bonchev–Trinajstić information content (AvgIpc) is 2.42. The highest BCUT2D eigenvalue weighted by Crippen LogP contribution is 2.24. The van der Waals surface area contributed by atoms with Crippen LogP contribution in [0.25, 0.3) is 0 Å². The zero-order chi connectivity index (χ0) is 14.6. The molecule has 2 rings (SSSR count). The third kappa shape index (κ3) is 3.50. The van der Waals surface area contributed by atoms with Crippen molar-refractivity contribution in [3.63, 3.8) is 0 Å². The maximum Gasteiger partial charge on any atom is 0.261 e. The molecule has 2 aromatic carbocycles. The Bertz CT molecular complexity index is 702. The van der Waals surface area contributed by atoms with Crippen LogP contribution < -0.4 is 10.0 Å². The first-order chi connectivity index (χ1) is 9.53. The molecule has 0 aromatic heterocycles. The first-order valence-electron chi connectivity index (χ1n) is 6.04. The van der Waals surface area contributed by atoms with Crippen LogP contribution in [0.1, 0.15) is 5.56 Å². The van der Waals surface area contributed by atoms with Gasteiger partial charge in [0.2, 0.25) is 0 Å². The maximum absolute atomic E-state index is 12.3. The van der Waals surface area contributed by atoms with Gasteiger partial charge in [0.25, 0.3) is 10.0 Å². The fraction of sp³-hybridized carbons (Fsp3) is 0.143. The smallest absolute Gasteiger partial charge is 0.261 e. The zero-order valence-corrected chi connectivity index (χ0v) is 12.5. The number of hydrogen-bond donors (Lipinski definition) is 2. The van der Waals surface area contributed by atoms with Crippen LogP contribution in [0.2, 0.25) is 5.02 Å². The zero-order valence-electron chi connectivity index (χ0n) is 10.9. The largest absolute Gasteiger partial charge is 0.316 e. The van der Waals surface area contributed by atoms with E-state index in [0.717, 1.165) is 5.56 Å². The normalized spacial score (nSPS) is 11.3. The molecule has 0 amide bonds. The van der Waals surface area contributed by atoms with Crippen LogP contribution in [-0.4, -0.2) is 15.5 Å². The van der Waals surface area contributed by atoms with Crippen LogP contribution in [0.4, 0.5) is 5.69 Å². The molecule has 2 aromatic rings. The molecule has 0 saturated carbocycles. The quantitative estimate of drug-likeness (QED) is 0.893. The van der Waals surface area contributed by atoms with E-state index in [-0.39, 0.29) is 4.90 Å². The lowest BCUT2D eigenvalue weighted by Gasteiger charge is -2.10. The van der Waals surface area contributed by atoms with Crippen molar-refractivity contribution in [3.05, 3.63) is 59.1 Å². The minimum absolute atomic E-state index is 0.213. The van der Waals surface area contributed by atoms with Gasteiger partial charge in [-0.05, 0) is 36.9 Å². The van der Waals surface area contributed by atoms with Gasteiger partial charge in [-0.1, -0.05) is 35.9 Å². The van der Waals surface area contributed by atoms with E-state index in [2.05, 4.69) is 10.0 Å². The summed E-state index contributed by atoms with van der Waals surface area (Å²) in [4.78, 5) is 0.213.